The molecule has 0 spiro atoms. The summed E-state index contributed by atoms with van der Waals surface area (Å²) < 4.78 is 0. The first-order chi connectivity index (χ1) is 9.73. The maximum absolute atomic E-state index is 12.9. The molecule has 1 N–H and O–H groups in total. The molecular weight excluding hydrogens is 264 g/mol. The zero-order valence-corrected chi connectivity index (χ0v) is 14.4. The second-order valence-electron chi connectivity index (χ2n) is 7.75. The summed E-state index contributed by atoms with van der Waals surface area (Å²) in [5, 5.41) is 3.35. The molecule has 5 heteroatoms. The summed E-state index contributed by atoms with van der Waals surface area (Å²) in [6.45, 7) is 18.4. The van der Waals surface area contributed by atoms with Gasteiger partial charge in [0.05, 0.1) is 5.54 Å². The summed E-state index contributed by atoms with van der Waals surface area (Å²) in [6.07, 6.45) is 0. The molecule has 5 nitrogen and oxygen atoms in total. The van der Waals surface area contributed by atoms with E-state index in [4.69, 9.17) is 0 Å². The molecule has 21 heavy (non-hydrogen) atoms. The lowest BCUT2D eigenvalue weighted by atomic mass is 9.98. The molecule has 2 aliphatic rings. The van der Waals surface area contributed by atoms with E-state index in [1.54, 1.807) is 0 Å². The van der Waals surface area contributed by atoms with Crippen LogP contribution in [0.2, 0.25) is 0 Å². The van der Waals surface area contributed by atoms with E-state index in [1.807, 2.05) is 0 Å². The molecule has 0 aromatic carbocycles. The van der Waals surface area contributed by atoms with Crippen LogP contribution in [-0.4, -0.2) is 84.0 Å². The Kier molecular flexibility index (Phi) is 4.96. The van der Waals surface area contributed by atoms with Crippen molar-refractivity contribution < 1.29 is 4.79 Å². The largest absolute Gasteiger partial charge is 0.339 e. The van der Waals surface area contributed by atoms with Crippen LogP contribution in [0.5, 0.6) is 0 Å². The van der Waals surface area contributed by atoms with Gasteiger partial charge >= 0.3 is 0 Å². The standard InChI is InChI=1S/C16H32N4O/c1-15(2,3)19-12-10-18(11-13-19)14(21)16(4,5)20-8-6-17-7-9-20/h17H,6-13H2,1-5H3. The predicted octanol–water partition coefficient (Wildman–Crippen LogP) is 0.613. The molecule has 0 atom stereocenters. The summed E-state index contributed by atoms with van der Waals surface area (Å²) >= 11 is 0. The third-order valence-electron chi connectivity index (χ3n) is 4.95. The third-order valence-corrected chi connectivity index (χ3v) is 4.95. The van der Waals surface area contributed by atoms with Crippen LogP contribution in [0.4, 0.5) is 0 Å². The van der Waals surface area contributed by atoms with E-state index in [2.05, 4.69) is 54.6 Å². The Hall–Kier alpha value is -0.650. The topological polar surface area (TPSA) is 38.8 Å². The van der Waals surface area contributed by atoms with Crippen LogP contribution < -0.4 is 5.32 Å². The molecule has 2 rings (SSSR count). The van der Waals surface area contributed by atoms with E-state index in [9.17, 15) is 4.79 Å². The third kappa shape index (κ3) is 3.76. The molecule has 0 aromatic heterocycles. The van der Waals surface area contributed by atoms with Crippen molar-refractivity contribution >= 4 is 5.91 Å². The van der Waals surface area contributed by atoms with Crippen LogP contribution in [0.25, 0.3) is 0 Å². The van der Waals surface area contributed by atoms with Crippen molar-refractivity contribution in [1.29, 1.82) is 0 Å². The quantitative estimate of drug-likeness (QED) is 0.810. The van der Waals surface area contributed by atoms with Crippen LogP contribution >= 0.6 is 0 Å². The number of nitrogens with zero attached hydrogens (tertiary/aromatic N) is 3. The van der Waals surface area contributed by atoms with Gasteiger partial charge < -0.3 is 10.2 Å². The Balaban J connectivity index is 1.94. The minimum absolute atomic E-state index is 0.198. The number of rotatable bonds is 2. The molecule has 0 radical (unpaired) electrons. The Bertz CT molecular complexity index is 361. The monoisotopic (exact) mass is 296 g/mol. The highest BCUT2D eigenvalue weighted by Gasteiger charge is 2.39. The van der Waals surface area contributed by atoms with Gasteiger partial charge in [0, 0.05) is 57.9 Å². The lowest BCUT2D eigenvalue weighted by Crippen LogP contribution is -2.63. The number of carbonyl (C=O) groups excluding carboxylic acids is 1. The molecule has 0 saturated carbocycles. The Labute approximate surface area is 129 Å². The van der Waals surface area contributed by atoms with Gasteiger partial charge in [0.25, 0.3) is 0 Å². The second kappa shape index (κ2) is 6.23. The molecule has 0 aromatic rings. The summed E-state index contributed by atoms with van der Waals surface area (Å²) in [6, 6.07) is 0. The summed E-state index contributed by atoms with van der Waals surface area (Å²) in [5.41, 5.74) is -0.185. The van der Waals surface area contributed by atoms with Gasteiger partial charge in [-0.15, -0.1) is 0 Å². The van der Waals surface area contributed by atoms with Crippen molar-refractivity contribution in [3.63, 3.8) is 0 Å². The number of piperazine rings is 2. The minimum Gasteiger partial charge on any atom is -0.339 e. The SMILES string of the molecule is CC(C)(C)N1CCN(C(=O)C(C)(C)N2CCNCC2)CC1. The second-order valence-corrected chi connectivity index (χ2v) is 7.75. The predicted molar refractivity (Wildman–Crippen MR) is 86.4 cm³/mol. The van der Waals surface area contributed by atoms with Gasteiger partial charge in [0.1, 0.15) is 0 Å². The molecular formula is C16H32N4O. The van der Waals surface area contributed by atoms with E-state index < -0.39 is 0 Å². The van der Waals surface area contributed by atoms with Crippen LogP contribution in [-0.2, 0) is 4.79 Å². The van der Waals surface area contributed by atoms with Gasteiger partial charge in [0.2, 0.25) is 5.91 Å². The molecule has 2 saturated heterocycles. The number of hydrogen-bond donors (Lipinski definition) is 1. The maximum Gasteiger partial charge on any atom is 0.242 e. The van der Waals surface area contributed by atoms with Crippen molar-refractivity contribution in [2.75, 3.05) is 52.4 Å². The van der Waals surface area contributed by atoms with Gasteiger partial charge in [-0.25, -0.2) is 0 Å². The van der Waals surface area contributed by atoms with Crippen molar-refractivity contribution in [3.8, 4) is 0 Å². The van der Waals surface area contributed by atoms with E-state index in [0.29, 0.717) is 0 Å². The Morgan fingerprint density at radius 1 is 0.810 bits per heavy atom. The van der Waals surface area contributed by atoms with Crippen LogP contribution in [0.3, 0.4) is 0 Å². The zero-order chi connectivity index (χ0) is 15.7. The van der Waals surface area contributed by atoms with Crippen LogP contribution in [0.1, 0.15) is 34.6 Å². The number of carbonyl (C=O) groups is 1. The molecule has 122 valence electrons. The van der Waals surface area contributed by atoms with Gasteiger partial charge in [-0.3, -0.25) is 14.6 Å². The fraction of sp³-hybridized carbons (Fsp3) is 0.938. The van der Waals surface area contributed by atoms with Crippen LogP contribution in [0, 0.1) is 0 Å². The average Bonchev–Trinajstić information content (AvgIpc) is 2.46. The molecule has 2 heterocycles. The minimum atomic E-state index is -0.383. The van der Waals surface area contributed by atoms with Crippen molar-refractivity contribution in [3.05, 3.63) is 0 Å². The zero-order valence-electron chi connectivity index (χ0n) is 14.4. The highest BCUT2D eigenvalue weighted by molar-refractivity contribution is 5.85. The normalized spacial score (nSPS) is 23.4. The fourth-order valence-electron chi connectivity index (χ4n) is 3.33. The number of amides is 1. The molecule has 0 unspecified atom stereocenters. The maximum atomic E-state index is 12.9. The summed E-state index contributed by atoms with van der Waals surface area (Å²) in [7, 11) is 0. The van der Waals surface area contributed by atoms with Gasteiger partial charge in [-0.05, 0) is 34.6 Å². The molecule has 2 aliphatic heterocycles. The molecule has 0 aliphatic carbocycles. The average molecular weight is 296 g/mol. The van der Waals surface area contributed by atoms with E-state index >= 15 is 0 Å². The van der Waals surface area contributed by atoms with Gasteiger partial charge in [0.15, 0.2) is 0 Å². The van der Waals surface area contributed by atoms with Crippen molar-refractivity contribution in [1.82, 2.24) is 20.0 Å². The Morgan fingerprint density at radius 3 is 1.81 bits per heavy atom. The lowest BCUT2D eigenvalue weighted by Gasteiger charge is -2.46. The van der Waals surface area contributed by atoms with Gasteiger partial charge in [-0.2, -0.15) is 0 Å². The van der Waals surface area contributed by atoms with E-state index in [-0.39, 0.29) is 17.0 Å². The molecule has 2 fully saturated rings. The first-order valence-corrected chi connectivity index (χ1v) is 8.23. The Morgan fingerprint density at radius 2 is 1.33 bits per heavy atom. The van der Waals surface area contributed by atoms with Crippen molar-refractivity contribution in [2.45, 2.75) is 45.7 Å². The molecule has 0 bridgehead atoms. The molecule has 1 amide bonds. The van der Waals surface area contributed by atoms with Crippen LogP contribution in [0.15, 0.2) is 0 Å². The first-order valence-electron chi connectivity index (χ1n) is 8.23. The highest BCUT2D eigenvalue weighted by atomic mass is 16.2. The van der Waals surface area contributed by atoms with E-state index in [1.165, 1.54) is 0 Å². The number of hydrogen-bond acceptors (Lipinski definition) is 4. The summed E-state index contributed by atoms with van der Waals surface area (Å²) in [5.74, 6) is 0.290. The first kappa shape index (κ1) is 16.7. The lowest BCUT2D eigenvalue weighted by molar-refractivity contribution is -0.145. The summed E-state index contributed by atoms with van der Waals surface area (Å²) in [4.78, 5) is 19.8. The smallest absolute Gasteiger partial charge is 0.242 e. The van der Waals surface area contributed by atoms with Gasteiger partial charge in [-0.1, -0.05) is 0 Å². The fourth-order valence-corrected chi connectivity index (χ4v) is 3.33. The number of nitrogens with one attached hydrogen (secondary N) is 1. The highest BCUT2D eigenvalue weighted by Crippen LogP contribution is 2.21. The van der Waals surface area contributed by atoms with E-state index in [0.717, 1.165) is 52.4 Å². The van der Waals surface area contributed by atoms with Crippen molar-refractivity contribution in [2.24, 2.45) is 0 Å².